The number of rotatable bonds is 5. The number of hydrogen-bond donors (Lipinski definition) is 2. The third-order valence-corrected chi connectivity index (χ3v) is 5.83. The number of aliphatic imine (C=N–C) groups is 1. The molecule has 2 aromatic rings. The first kappa shape index (κ1) is 18.7. The number of nitrogens with zero attached hydrogens (tertiary/aromatic N) is 3. The Morgan fingerprint density at radius 3 is 2.62 bits per heavy atom. The summed E-state index contributed by atoms with van der Waals surface area (Å²) in [5, 5.41) is 8.93. The van der Waals surface area contributed by atoms with E-state index in [-0.39, 0.29) is 0 Å². The largest absolute Gasteiger partial charge is 0.357 e. The van der Waals surface area contributed by atoms with E-state index in [0.717, 1.165) is 38.0 Å². The van der Waals surface area contributed by atoms with Crippen molar-refractivity contribution >= 4 is 23.1 Å². The van der Waals surface area contributed by atoms with E-state index < -0.39 is 0 Å². The molecule has 1 saturated heterocycles. The molecule has 0 spiro atoms. The average Bonchev–Trinajstić information content (AvgIpc) is 2.91. The van der Waals surface area contributed by atoms with Crippen molar-refractivity contribution in [2.45, 2.75) is 45.7 Å². The number of hydrogen-bond acceptors (Lipinski definition) is 4. The lowest BCUT2D eigenvalue weighted by atomic mass is 10.2. The van der Waals surface area contributed by atoms with Crippen molar-refractivity contribution in [2.24, 2.45) is 4.99 Å². The van der Waals surface area contributed by atoms with Crippen molar-refractivity contribution in [1.29, 1.82) is 0 Å². The van der Waals surface area contributed by atoms with Gasteiger partial charge in [-0.3, -0.25) is 4.99 Å². The van der Waals surface area contributed by atoms with Crippen LogP contribution in [0.4, 0.5) is 5.82 Å². The molecule has 5 nitrogen and oxygen atoms in total. The lowest BCUT2D eigenvalue weighted by molar-refractivity contribution is 0.726. The van der Waals surface area contributed by atoms with E-state index in [4.69, 9.17) is 0 Å². The predicted molar refractivity (Wildman–Crippen MR) is 111 cm³/mol. The summed E-state index contributed by atoms with van der Waals surface area (Å²) in [6.07, 6.45) is 7.13. The standard InChI is InChI=1S/C20H29N5S/c1-16-8-12-26-18(16)15-24-20(21-2)23-14-17-7-9-22-19(13-17)25-10-5-3-4-6-11-25/h7-9,12-13H,3-6,10-11,14-15H2,1-2H3,(H2,21,23,24). The van der Waals surface area contributed by atoms with Gasteiger partial charge in [0.1, 0.15) is 5.82 Å². The van der Waals surface area contributed by atoms with Gasteiger partial charge in [-0.05, 0) is 54.5 Å². The van der Waals surface area contributed by atoms with E-state index in [1.165, 1.54) is 41.7 Å². The summed E-state index contributed by atoms with van der Waals surface area (Å²) >= 11 is 1.78. The normalized spacial score (nSPS) is 15.6. The highest BCUT2D eigenvalue weighted by atomic mass is 32.1. The molecule has 3 heterocycles. The van der Waals surface area contributed by atoms with Gasteiger partial charge in [0.25, 0.3) is 0 Å². The van der Waals surface area contributed by atoms with Crippen LogP contribution >= 0.6 is 11.3 Å². The van der Waals surface area contributed by atoms with Crippen LogP contribution in [-0.2, 0) is 13.1 Å². The van der Waals surface area contributed by atoms with E-state index in [1.54, 1.807) is 11.3 Å². The number of pyridine rings is 1. The highest BCUT2D eigenvalue weighted by molar-refractivity contribution is 7.10. The Bertz CT molecular complexity index is 716. The fourth-order valence-electron chi connectivity index (χ4n) is 3.20. The minimum absolute atomic E-state index is 0.743. The maximum Gasteiger partial charge on any atom is 0.191 e. The number of aryl methyl sites for hydroxylation is 1. The van der Waals surface area contributed by atoms with Crippen molar-refractivity contribution in [2.75, 3.05) is 25.0 Å². The highest BCUT2D eigenvalue weighted by Crippen LogP contribution is 2.18. The third-order valence-electron chi connectivity index (χ3n) is 4.81. The molecule has 3 rings (SSSR count). The number of nitrogens with one attached hydrogen (secondary N) is 2. The van der Waals surface area contributed by atoms with Gasteiger partial charge in [-0.1, -0.05) is 12.8 Å². The van der Waals surface area contributed by atoms with Crippen molar-refractivity contribution < 1.29 is 0 Å². The molecule has 2 N–H and O–H groups in total. The van der Waals surface area contributed by atoms with Crippen LogP contribution in [0.3, 0.4) is 0 Å². The fraction of sp³-hybridized carbons (Fsp3) is 0.500. The molecule has 1 aliphatic rings. The minimum Gasteiger partial charge on any atom is -0.357 e. The van der Waals surface area contributed by atoms with Gasteiger partial charge in [0, 0.05) is 37.8 Å². The SMILES string of the molecule is CN=C(NCc1ccnc(N2CCCCCC2)c1)NCc1sccc1C. The Hall–Kier alpha value is -2.08. The molecule has 0 aliphatic carbocycles. The molecule has 2 aromatic heterocycles. The van der Waals surface area contributed by atoms with Gasteiger partial charge in [-0.25, -0.2) is 4.98 Å². The zero-order chi connectivity index (χ0) is 18.2. The van der Waals surface area contributed by atoms with Crippen molar-refractivity contribution in [3.05, 3.63) is 45.8 Å². The minimum atomic E-state index is 0.743. The third kappa shape index (κ3) is 5.21. The molecule has 0 radical (unpaired) electrons. The molecular weight excluding hydrogens is 342 g/mol. The second-order valence-electron chi connectivity index (χ2n) is 6.73. The van der Waals surface area contributed by atoms with E-state index >= 15 is 0 Å². The van der Waals surface area contributed by atoms with Crippen molar-refractivity contribution in [1.82, 2.24) is 15.6 Å². The number of guanidine groups is 1. The van der Waals surface area contributed by atoms with Crippen molar-refractivity contribution in [3.63, 3.8) is 0 Å². The Kier molecular flexibility index (Phi) is 6.89. The maximum atomic E-state index is 4.59. The Morgan fingerprint density at radius 2 is 1.92 bits per heavy atom. The van der Waals surface area contributed by atoms with Gasteiger partial charge >= 0.3 is 0 Å². The van der Waals surface area contributed by atoms with E-state index in [1.807, 2.05) is 13.2 Å². The molecule has 0 unspecified atom stereocenters. The average molecular weight is 372 g/mol. The Balaban J connectivity index is 1.54. The fourth-order valence-corrected chi connectivity index (χ4v) is 4.04. The van der Waals surface area contributed by atoms with Crippen LogP contribution in [0.1, 0.15) is 41.7 Å². The molecule has 0 saturated carbocycles. The van der Waals surface area contributed by atoms with Crippen LogP contribution < -0.4 is 15.5 Å². The number of thiophene rings is 1. The summed E-state index contributed by atoms with van der Waals surface area (Å²) in [5.74, 6) is 1.93. The van der Waals surface area contributed by atoms with Crippen LogP contribution in [0.2, 0.25) is 0 Å². The summed E-state index contributed by atoms with van der Waals surface area (Å²) in [4.78, 5) is 12.7. The van der Waals surface area contributed by atoms with Crippen LogP contribution in [0.5, 0.6) is 0 Å². The Morgan fingerprint density at radius 1 is 1.15 bits per heavy atom. The van der Waals surface area contributed by atoms with E-state index in [0.29, 0.717) is 0 Å². The first-order valence-corrected chi connectivity index (χ1v) is 10.3. The number of anilines is 1. The topological polar surface area (TPSA) is 52.6 Å². The summed E-state index contributed by atoms with van der Waals surface area (Å²) < 4.78 is 0. The Labute approximate surface area is 160 Å². The molecule has 0 aromatic carbocycles. The summed E-state index contributed by atoms with van der Waals surface area (Å²) in [5.41, 5.74) is 2.56. The van der Waals surface area contributed by atoms with Gasteiger partial charge in [0.2, 0.25) is 0 Å². The monoisotopic (exact) mass is 371 g/mol. The summed E-state index contributed by atoms with van der Waals surface area (Å²) in [6, 6.07) is 6.43. The van der Waals surface area contributed by atoms with Gasteiger partial charge < -0.3 is 15.5 Å². The molecule has 140 valence electrons. The van der Waals surface area contributed by atoms with Crippen LogP contribution in [0.25, 0.3) is 0 Å². The molecule has 1 fully saturated rings. The molecule has 6 heteroatoms. The number of aromatic nitrogens is 1. The predicted octanol–water partition coefficient (Wildman–Crippen LogP) is 3.70. The van der Waals surface area contributed by atoms with Gasteiger partial charge in [-0.2, -0.15) is 0 Å². The lowest BCUT2D eigenvalue weighted by Crippen LogP contribution is -2.36. The summed E-state index contributed by atoms with van der Waals surface area (Å²) in [7, 11) is 1.81. The van der Waals surface area contributed by atoms with Crippen LogP contribution in [0.15, 0.2) is 34.8 Å². The molecule has 0 amide bonds. The smallest absolute Gasteiger partial charge is 0.191 e. The lowest BCUT2D eigenvalue weighted by Gasteiger charge is -2.22. The van der Waals surface area contributed by atoms with Crippen LogP contribution in [-0.4, -0.2) is 31.1 Å². The first-order valence-electron chi connectivity index (χ1n) is 9.43. The van der Waals surface area contributed by atoms with E-state index in [9.17, 15) is 0 Å². The second-order valence-corrected chi connectivity index (χ2v) is 7.73. The quantitative estimate of drug-likeness (QED) is 0.622. The molecule has 0 atom stereocenters. The van der Waals surface area contributed by atoms with E-state index in [2.05, 4.69) is 56.0 Å². The second kappa shape index (κ2) is 9.57. The molecule has 1 aliphatic heterocycles. The highest BCUT2D eigenvalue weighted by Gasteiger charge is 2.11. The molecular formula is C20H29N5S. The van der Waals surface area contributed by atoms with Crippen molar-refractivity contribution in [3.8, 4) is 0 Å². The maximum absolute atomic E-state index is 4.59. The van der Waals surface area contributed by atoms with Gasteiger partial charge in [0.05, 0.1) is 6.54 Å². The summed E-state index contributed by atoms with van der Waals surface area (Å²) in [6.45, 7) is 5.93. The zero-order valence-corrected chi connectivity index (χ0v) is 16.6. The van der Waals surface area contributed by atoms with Gasteiger partial charge in [0.15, 0.2) is 5.96 Å². The zero-order valence-electron chi connectivity index (χ0n) is 15.8. The van der Waals surface area contributed by atoms with Crippen LogP contribution in [0, 0.1) is 6.92 Å². The van der Waals surface area contributed by atoms with Gasteiger partial charge in [-0.15, -0.1) is 11.3 Å². The molecule has 0 bridgehead atoms. The first-order chi connectivity index (χ1) is 12.8. The molecule has 26 heavy (non-hydrogen) atoms.